The van der Waals surface area contributed by atoms with Crippen molar-refractivity contribution in [1.82, 2.24) is 15.5 Å². The van der Waals surface area contributed by atoms with Crippen LogP contribution in [0.25, 0.3) is 0 Å². The lowest BCUT2D eigenvalue weighted by atomic mass is 9.97. The van der Waals surface area contributed by atoms with Crippen LogP contribution in [-0.4, -0.2) is 46.9 Å². The minimum absolute atomic E-state index is 0.137. The van der Waals surface area contributed by atoms with Gasteiger partial charge >= 0.3 is 6.09 Å². The first-order valence-electron chi connectivity index (χ1n) is 12.3. The van der Waals surface area contributed by atoms with Gasteiger partial charge in [0.25, 0.3) is 0 Å². The lowest BCUT2D eigenvalue weighted by Crippen LogP contribution is -2.53. The molecule has 0 heterocycles. The summed E-state index contributed by atoms with van der Waals surface area (Å²) < 4.78 is 5.28. The van der Waals surface area contributed by atoms with Crippen LogP contribution in [0.2, 0.25) is 0 Å². The zero-order chi connectivity index (χ0) is 28.3. The second kappa shape index (κ2) is 13.8. The molecule has 0 saturated heterocycles. The first-order chi connectivity index (χ1) is 17.9. The van der Waals surface area contributed by atoms with Gasteiger partial charge in [0.05, 0.1) is 6.07 Å². The number of carbonyl (C=O) groups is 4. The molecular weight excluding hydrogens is 486 g/mol. The fraction of sp³-hybridized carbons (Fsp3) is 0.393. The maximum absolute atomic E-state index is 13.8. The molecule has 10 heteroatoms. The van der Waals surface area contributed by atoms with Gasteiger partial charge in [-0.3, -0.25) is 14.4 Å². The highest BCUT2D eigenvalue weighted by molar-refractivity contribution is 5.92. The van der Waals surface area contributed by atoms with Crippen LogP contribution < -0.4 is 16.4 Å². The molecule has 2 aromatic carbocycles. The number of ether oxygens (including phenoxy) is 1. The highest BCUT2D eigenvalue weighted by Gasteiger charge is 2.36. The standard InChI is InChI=1S/C28H35N5O5/c1-19-10-8-9-13-21(19)24(25(35)31-18-20-11-6-5-7-12-20)33(17-16-29)26(36)22(14-15-23(30)34)32-27(37)38-28(2,3)4/h5-13,22,24H,14-15,17-18H2,1-4H3,(H2,30,34)(H,31,35)(H,32,37). The van der Waals surface area contributed by atoms with Crippen LogP contribution in [0.1, 0.15) is 56.3 Å². The van der Waals surface area contributed by atoms with Crippen molar-refractivity contribution in [1.29, 1.82) is 5.26 Å². The number of hydrogen-bond acceptors (Lipinski definition) is 6. The van der Waals surface area contributed by atoms with Crippen LogP contribution in [0.5, 0.6) is 0 Å². The van der Waals surface area contributed by atoms with Crippen LogP contribution in [-0.2, 0) is 25.7 Å². The van der Waals surface area contributed by atoms with Crippen molar-refractivity contribution in [2.24, 2.45) is 5.73 Å². The highest BCUT2D eigenvalue weighted by Crippen LogP contribution is 2.26. The molecule has 10 nitrogen and oxygen atoms in total. The number of nitrogens with two attached hydrogens (primary N) is 1. The normalized spacial score (nSPS) is 12.4. The van der Waals surface area contributed by atoms with Crippen molar-refractivity contribution in [3.63, 3.8) is 0 Å². The number of primary amides is 1. The monoisotopic (exact) mass is 521 g/mol. The quantitative estimate of drug-likeness (QED) is 0.386. The van der Waals surface area contributed by atoms with E-state index in [9.17, 15) is 24.4 Å². The van der Waals surface area contributed by atoms with Crippen molar-refractivity contribution in [2.45, 2.75) is 64.8 Å². The summed E-state index contributed by atoms with van der Waals surface area (Å²) in [7, 11) is 0. The maximum atomic E-state index is 13.8. The smallest absolute Gasteiger partial charge is 0.408 e. The first kappa shape index (κ1) is 29.8. The van der Waals surface area contributed by atoms with Crippen LogP contribution in [0.15, 0.2) is 54.6 Å². The molecule has 0 aliphatic heterocycles. The van der Waals surface area contributed by atoms with Crippen molar-refractivity contribution in [3.05, 3.63) is 71.3 Å². The number of alkyl carbamates (subject to hydrolysis) is 1. The molecule has 0 radical (unpaired) electrons. The Labute approximate surface area is 223 Å². The number of rotatable bonds is 11. The number of nitriles is 1. The molecule has 2 rings (SSSR count). The highest BCUT2D eigenvalue weighted by atomic mass is 16.6. The molecule has 2 aromatic rings. The molecule has 4 amide bonds. The lowest BCUT2D eigenvalue weighted by molar-refractivity contribution is -0.142. The molecule has 0 aliphatic carbocycles. The molecule has 2 unspecified atom stereocenters. The second-order valence-electron chi connectivity index (χ2n) is 9.79. The van der Waals surface area contributed by atoms with Crippen molar-refractivity contribution in [2.75, 3.05) is 6.54 Å². The van der Waals surface area contributed by atoms with Crippen molar-refractivity contribution in [3.8, 4) is 6.07 Å². The Bertz CT molecular complexity index is 1170. The summed E-state index contributed by atoms with van der Waals surface area (Å²) >= 11 is 0. The number of nitrogens with zero attached hydrogens (tertiary/aromatic N) is 2. The zero-order valence-corrected chi connectivity index (χ0v) is 22.2. The number of hydrogen-bond donors (Lipinski definition) is 3. The fourth-order valence-electron chi connectivity index (χ4n) is 3.79. The second-order valence-corrected chi connectivity index (χ2v) is 9.79. The van der Waals surface area contributed by atoms with Gasteiger partial charge in [0.2, 0.25) is 17.7 Å². The van der Waals surface area contributed by atoms with E-state index < -0.39 is 48.0 Å². The average molecular weight is 522 g/mol. The fourth-order valence-corrected chi connectivity index (χ4v) is 3.79. The molecule has 38 heavy (non-hydrogen) atoms. The van der Waals surface area contributed by atoms with E-state index in [1.807, 2.05) is 36.4 Å². The molecule has 0 spiro atoms. The van der Waals surface area contributed by atoms with E-state index in [0.717, 1.165) is 16.0 Å². The number of amides is 4. The largest absolute Gasteiger partial charge is 0.444 e. The van der Waals surface area contributed by atoms with Crippen molar-refractivity contribution >= 4 is 23.8 Å². The Morgan fingerprint density at radius 2 is 1.68 bits per heavy atom. The maximum Gasteiger partial charge on any atom is 0.408 e. The van der Waals surface area contributed by atoms with Gasteiger partial charge in [0.15, 0.2) is 0 Å². The summed E-state index contributed by atoms with van der Waals surface area (Å²) in [4.78, 5) is 52.5. The van der Waals surface area contributed by atoms with Gasteiger partial charge in [0, 0.05) is 13.0 Å². The third-order valence-electron chi connectivity index (χ3n) is 5.55. The lowest BCUT2D eigenvalue weighted by Gasteiger charge is -2.33. The predicted octanol–water partition coefficient (Wildman–Crippen LogP) is 2.86. The summed E-state index contributed by atoms with van der Waals surface area (Å²) in [5.41, 5.74) is 6.57. The van der Waals surface area contributed by atoms with Gasteiger partial charge in [-0.2, -0.15) is 5.26 Å². The SMILES string of the molecule is Cc1ccccc1C(C(=O)NCc1ccccc1)N(CC#N)C(=O)C(CCC(N)=O)NC(=O)OC(C)(C)C. The summed E-state index contributed by atoms with van der Waals surface area (Å²) in [5.74, 6) is -1.89. The van der Waals surface area contributed by atoms with Gasteiger partial charge in [-0.05, 0) is 50.8 Å². The van der Waals surface area contributed by atoms with Gasteiger partial charge in [-0.1, -0.05) is 54.6 Å². The number of nitrogens with one attached hydrogen (secondary N) is 2. The number of benzene rings is 2. The molecule has 0 aromatic heterocycles. The molecule has 0 aliphatic rings. The van der Waals surface area contributed by atoms with E-state index in [1.165, 1.54) is 0 Å². The Kier molecular flexibility index (Phi) is 10.8. The summed E-state index contributed by atoms with van der Waals surface area (Å²) in [6.45, 7) is 6.56. The van der Waals surface area contributed by atoms with E-state index >= 15 is 0 Å². The first-order valence-corrected chi connectivity index (χ1v) is 12.3. The Morgan fingerprint density at radius 1 is 1.05 bits per heavy atom. The zero-order valence-electron chi connectivity index (χ0n) is 22.2. The van der Waals surface area contributed by atoms with E-state index in [2.05, 4.69) is 10.6 Å². The third-order valence-corrected chi connectivity index (χ3v) is 5.55. The van der Waals surface area contributed by atoms with E-state index in [-0.39, 0.29) is 19.4 Å². The van der Waals surface area contributed by atoms with E-state index in [1.54, 1.807) is 52.0 Å². The average Bonchev–Trinajstić information content (AvgIpc) is 2.85. The molecule has 0 bridgehead atoms. The summed E-state index contributed by atoms with van der Waals surface area (Å²) in [6.07, 6.45) is -1.22. The van der Waals surface area contributed by atoms with E-state index in [4.69, 9.17) is 10.5 Å². The number of aryl methyl sites for hydroxylation is 1. The third kappa shape index (κ3) is 9.24. The van der Waals surface area contributed by atoms with Crippen LogP contribution >= 0.6 is 0 Å². The molecule has 2 atom stereocenters. The van der Waals surface area contributed by atoms with Crippen LogP contribution in [0.4, 0.5) is 4.79 Å². The van der Waals surface area contributed by atoms with Gasteiger partial charge in [0.1, 0.15) is 24.2 Å². The predicted molar refractivity (Wildman–Crippen MR) is 141 cm³/mol. The number of carbonyl (C=O) groups excluding carboxylic acids is 4. The molecule has 4 N–H and O–H groups in total. The Hall–Kier alpha value is -4.39. The summed E-state index contributed by atoms with van der Waals surface area (Å²) in [6, 6.07) is 15.8. The molecule has 202 valence electrons. The van der Waals surface area contributed by atoms with E-state index in [0.29, 0.717) is 5.56 Å². The topological polar surface area (TPSA) is 155 Å². The minimum atomic E-state index is -1.26. The minimum Gasteiger partial charge on any atom is -0.444 e. The van der Waals surface area contributed by atoms with Crippen LogP contribution in [0.3, 0.4) is 0 Å². The van der Waals surface area contributed by atoms with Crippen LogP contribution in [0, 0.1) is 18.3 Å². The summed E-state index contributed by atoms with van der Waals surface area (Å²) in [5, 5.41) is 14.9. The Balaban J connectivity index is 2.45. The van der Waals surface area contributed by atoms with Gasteiger partial charge in [-0.25, -0.2) is 4.79 Å². The molecule has 0 saturated carbocycles. The molecule has 0 fully saturated rings. The van der Waals surface area contributed by atoms with Gasteiger partial charge < -0.3 is 26.0 Å². The van der Waals surface area contributed by atoms with Gasteiger partial charge in [-0.15, -0.1) is 0 Å². The molecular formula is C28H35N5O5. The Morgan fingerprint density at radius 3 is 2.26 bits per heavy atom. The van der Waals surface area contributed by atoms with Crippen molar-refractivity contribution < 1.29 is 23.9 Å².